The molecular weight excluding hydrogens is 336 g/mol. The van der Waals surface area contributed by atoms with E-state index in [1.807, 2.05) is 30.3 Å². The number of hydrogen-bond donors (Lipinski definition) is 1. The first-order valence-electron chi connectivity index (χ1n) is 8.18. The summed E-state index contributed by atoms with van der Waals surface area (Å²) < 4.78 is 0. The van der Waals surface area contributed by atoms with Crippen LogP contribution >= 0.6 is 0 Å². The van der Waals surface area contributed by atoms with E-state index in [2.05, 4.69) is 0 Å². The van der Waals surface area contributed by atoms with E-state index in [4.69, 9.17) is 5.11 Å². The van der Waals surface area contributed by atoms with Gasteiger partial charge in [-0.15, -0.1) is 0 Å². The monoisotopic (exact) mass is 356 g/mol. The van der Waals surface area contributed by atoms with Gasteiger partial charge < -0.3 is 10.0 Å². The molecule has 0 aromatic heterocycles. The number of non-ortho nitro benzene ring substituents is 1. The van der Waals surface area contributed by atoms with Crippen molar-refractivity contribution in [1.29, 1.82) is 0 Å². The summed E-state index contributed by atoms with van der Waals surface area (Å²) in [6.45, 7) is 2.28. The van der Waals surface area contributed by atoms with E-state index in [1.54, 1.807) is 11.8 Å². The highest BCUT2D eigenvalue weighted by Crippen LogP contribution is 2.20. The summed E-state index contributed by atoms with van der Waals surface area (Å²) in [5, 5.41) is 19.7. The molecule has 7 heteroatoms. The van der Waals surface area contributed by atoms with Gasteiger partial charge in [-0.1, -0.05) is 30.3 Å². The summed E-state index contributed by atoms with van der Waals surface area (Å²) in [4.78, 5) is 35.6. The van der Waals surface area contributed by atoms with Crippen molar-refractivity contribution in [2.24, 2.45) is 0 Å². The van der Waals surface area contributed by atoms with Crippen LogP contribution in [0.2, 0.25) is 0 Å². The molecule has 0 atom stereocenters. The molecular formula is C19H20N2O5. The minimum Gasteiger partial charge on any atom is -0.481 e. The molecule has 2 aromatic carbocycles. The van der Waals surface area contributed by atoms with E-state index >= 15 is 0 Å². The van der Waals surface area contributed by atoms with E-state index in [0.29, 0.717) is 24.1 Å². The van der Waals surface area contributed by atoms with Gasteiger partial charge in [0.2, 0.25) is 0 Å². The molecule has 0 aliphatic carbocycles. The number of benzene rings is 2. The number of carboxylic acids is 1. The zero-order valence-corrected chi connectivity index (χ0v) is 14.4. The molecule has 0 saturated carbocycles. The maximum atomic E-state index is 12.9. The van der Waals surface area contributed by atoms with Gasteiger partial charge in [0.05, 0.1) is 4.92 Å². The number of rotatable bonds is 8. The van der Waals surface area contributed by atoms with Crippen molar-refractivity contribution in [2.75, 3.05) is 6.54 Å². The van der Waals surface area contributed by atoms with E-state index in [0.717, 1.165) is 5.56 Å². The Balaban J connectivity index is 2.23. The zero-order chi connectivity index (χ0) is 19.1. The Labute approximate surface area is 151 Å². The molecule has 1 amide bonds. The normalized spacial score (nSPS) is 10.3. The molecule has 0 heterocycles. The van der Waals surface area contributed by atoms with Crippen LogP contribution in [0.5, 0.6) is 0 Å². The van der Waals surface area contributed by atoms with Gasteiger partial charge in [0.25, 0.3) is 11.6 Å². The Hall–Kier alpha value is -3.22. The highest BCUT2D eigenvalue weighted by molar-refractivity contribution is 5.96. The number of aliphatic carboxylic acids is 1. The van der Waals surface area contributed by atoms with Crippen molar-refractivity contribution in [3.05, 3.63) is 75.3 Å². The molecule has 7 nitrogen and oxygen atoms in total. The van der Waals surface area contributed by atoms with Crippen LogP contribution in [-0.4, -0.2) is 33.4 Å². The number of nitrogens with zero attached hydrogens (tertiary/aromatic N) is 2. The number of carbonyl (C=O) groups is 2. The van der Waals surface area contributed by atoms with Crippen LogP contribution in [0.4, 0.5) is 5.69 Å². The summed E-state index contributed by atoms with van der Waals surface area (Å²) in [6, 6.07) is 13.5. The number of hydrogen-bond acceptors (Lipinski definition) is 4. The second-order valence-corrected chi connectivity index (χ2v) is 5.97. The van der Waals surface area contributed by atoms with Crippen LogP contribution in [-0.2, 0) is 11.3 Å². The molecule has 2 aromatic rings. The molecule has 0 bridgehead atoms. The molecule has 2 rings (SSSR count). The first-order valence-corrected chi connectivity index (χ1v) is 8.18. The van der Waals surface area contributed by atoms with Gasteiger partial charge in [0.15, 0.2) is 0 Å². The molecule has 0 unspecified atom stereocenters. The lowest BCUT2D eigenvalue weighted by molar-refractivity contribution is -0.384. The molecule has 0 fully saturated rings. The average molecular weight is 356 g/mol. The lowest BCUT2D eigenvalue weighted by Gasteiger charge is -2.23. The molecule has 0 aliphatic heterocycles. The first-order chi connectivity index (χ1) is 12.4. The van der Waals surface area contributed by atoms with Crippen molar-refractivity contribution in [1.82, 2.24) is 4.90 Å². The molecule has 1 N–H and O–H groups in total. The third-order valence-corrected chi connectivity index (χ3v) is 3.97. The number of carbonyl (C=O) groups excluding carboxylic acids is 1. The van der Waals surface area contributed by atoms with Gasteiger partial charge in [-0.25, -0.2) is 0 Å². The quantitative estimate of drug-likeness (QED) is 0.577. The van der Waals surface area contributed by atoms with Crippen molar-refractivity contribution in [3.63, 3.8) is 0 Å². The third-order valence-electron chi connectivity index (χ3n) is 3.97. The summed E-state index contributed by atoms with van der Waals surface area (Å²) in [7, 11) is 0. The molecule has 26 heavy (non-hydrogen) atoms. The number of nitro benzene ring substituents is 1. The maximum absolute atomic E-state index is 12.9. The summed E-state index contributed by atoms with van der Waals surface area (Å²) in [5.41, 5.74) is 1.75. The molecule has 0 radical (unpaired) electrons. The van der Waals surface area contributed by atoms with Gasteiger partial charge in [-0.05, 0) is 30.5 Å². The molecule has 0 aliphatic rings. The van der Waals surface area contributed by atoms with Gasteiger partial charge in [-0.3, -0.25) is 19.7 Å². The third kappa shape index (κ3) is 5.14. The molecule has 136 valence electrons. The van der Waals surface area contributed by atoms with Crippen LogP contribution in [0.1, 0.15) is 34.3 Å². The molecule has 0 spiro atoms. The fourth-order valence-corrected chi connectivity index (χ4v) is 2.65. The average Bonchev–Trinajstić information content (AvgIpc) is 2.60. The van der Waals surface area contributed by atoms with Crippen molar-refractivity contribution in [3.8, 4) is 0 Å². The van der Waals surface area contributed by atoms with Gasteiger partial charge in [0.1, 0.15) is 0 Å². The van der Waals surface area contributed by atoms with E-state index in [1.165, 1.54) is 18.2 Å². The number of amides is 1. The predicted molar refractivity (Wildman–Crippen MR) is 95.9 cm³/mol. The van der Waals surface area contributed by atoms with Crippen LogP contribution in [0, 0.1) is 17.0 Å². The van der Waals surface area contributed by atoms with E-state index in [-0.39, 0.29) is 24.6 Å². The lowest BCUT2D eigenvalue weighted by Crippen LogP contribution is -2.32. The van der Waals surface area contributed by atoms with Crippen LogP contribution in [0.15, 0.2) is 48.5 Å². The van der Waals surface area contributed by atoms with Crippen LogP contribution in [0.25, 0.3) is 0 Å². The topological polar surface area (TPSA) is 101 Å². The van der Waals surface area contributed by atoms with E-state index < -0.39 is 10.9 Å². The second-order valence-electron chi connectivity index (χ2n) is 5.97. The highest BCUT2D eigenvalue weighted by Gasteiger charge is 2.20. The standard InChI is InChI=1S/C19H20N2O5/c1-14-12-16(21(25)26)9-10-17(14)19(24)20(11-5-8-18(22)23)13-15-6-3-2-4-7-15/h2-4,6-7,9-10,12H,5,8,11,13H2,1H3,(H,22,23). The highest BCUT2D eigenvalue weighted by atomic mass is 16.6. The van der Waals surface area contributed by atoms with Crippen LogP contribution < -0.4 is 0 Å². The Morgan fingerprint density at radius 2 is 1.85 bits per heavy atom. The smallest absolute Gasteiger partial charge is 0.303 e. The fraction of sp³-hybridized carbons (Fsp3) is 0.263. The minimum atomic E-state index is -0.913. The first kappa shape index (κ1) is 19.1. The second kappa shape index (κ2) is 8.75. The van der Waals surface area contributed by atoms with Gasteiger partial charge in [-0.2, -0.15) is 0 Å². The Morgan fingerprint density at radius 1 is 1.15 bits per heavy atom. The summed E-state index contributed by atoms with van der Waals surface area (Å²) in [6.07, 6.45) is 0.303. The number of carboxylic acid groups (broad SMARTS) is 1. The summed E-state index contributed by atoms with van der Waals surface area (Å²) in [5.74, 6) is -1.18. The van der Waals surface area contributed by atoms with Crippen molar-refractivity contribution in [2.45, 2.75) is 26.3 Å². The largest absolute Gasteiger partial charge is 0.481 e. The fourth-order valence-electron chi connectivity index (χ4n) is 2.65. The van der Waals surface area contributed by atoms with Gasteiger partial charge in [0, 0.05) is 37.2 Å². The minimum absolute atomic E-state index is 0.0299. The lowest BCUT2D eigenvalue weighted by atomic mass is 10.1. The Kier molecular flexibility index (Phi) is 6.43. The SMILES string of the molecule is Cc1cc([N+](=O)[O-])ccc1C(=O)N(CCCC(=O)O)Cc1ccccc1. The molecule has 0 saturated heterocycles. The van der Waals surface area contributed by atoms with Gasteiger partial charge >= 0.3 is 5.97 Å². The number of nitro groups is 1. The van der Waals surface area contributed by atoms with Crippen molar-refractivity contribution >= 4 is 17.6 Å². The maximum Gasteiger partial charge on any atom is 0.303 e. The van der Waals surface area contributed by atoms with E-state index in [9.17, 15) is 19.7 Å². The van der Waals surface area contributed by atoms with Crippen molar-refractivity contribution < 1.29 is 19.6 Å². The van der Waals surface area contributed by atoms with Crippen LogP contribution in [0.3, 0.4) is 0 Å². The summed E-state index contributed by atoms with van der Waals surface area (Å²) >= 11 is 0. The Morgan fingerprint density at radius 3 is 2.42 bits per heavy atom. The zero-order valence-electron chi connectivity index (χ0n) is 14.4. The predicted octanol–water partition coefficient (Wildman–Crippen LogP) is 3.41. The Bertz CT molecular complexity index is 805. The number of aryl methyl sites for hydroxylation is 1.